The zero-order valence-corrected chi connectivity index (χ0v) is 39.8. The van der Waals surface area contributed by atoms with Crippen molar-refractivity contribution in [2.75, 3.05) is 48.3 Å². The van der Waals surface area contributed by atoms with Crippen LogP contribution >= 0.6 is 0 Å². The second kappa shape index (κ2) is 21.2. The molecule has 2 aliphatic rings. The molecule has 2 aliphatic heterocycles. The predicted octanol–water partition coefficient (Wildman–Crippen LogP) is 9.11. The van der Waals surface area contributed by atoms with Crippen LogP contribution in [0.4, 0.5) is 4.79 Å². The number of hydrogen-bond acceptors (Lipinski definition) is 12. The molecule has 0 fully saturated rings. The minimum Gasteiger partial charge on any atom is -0.497 e. The first-order chi connectivity index (χ1) is 32.2. The van der Waals surface area contributed by atoms with E-state index in [1.807, 2.05) is 97.9 Å². The van der Waals surface area contributed by atoms with Gasteiger partial charge in [0.2, 0.25) is 12.7 Å². The summed E-state index contributed by atoms with van der Waals surface area (Å²) in [5.74, 6) is 1.85. The number of carbonyl (C=O) groups is 3. The summed E-state index contributed by atoms with van der Waals surface area (Å²) in [6, 6.07) is 26.8. The molecule has 7 rings (SSSR count). The Hall–Kier alpha value is -6.77. The van der Waals surface area contributed by atoms with Crippen molar-refractivity contribution in [1.29, 1.82) is 0 Å². The molecular weight excluding hydrogens is 857 g/mol. The van der Waals surface area contributed by atoms with E-state index in [1.54, 1.807) is 41.9 Å². The molecule has 14 nitrogen and oxygen atoms in total. The Labute approximate surface area is 392 Å². The largest absolute Gasteiger partial charge is 0.497 e. The quantitative estimate of drug-likeness (QED) is 0.0828. The van der Waals surface area contributed by atoms with Crippen molar-refractivity contribution in [2.24, 2.45) is 0 Å². The number of hydrogen-bond donors (Lipinski definition) is 0. The van der Waals surface area contributed by atoms with Crippen LogP contribution in [0.25, 0.3) is 0 Å². The van der Waals surface area contributed by atoms with Crippen LogP contribution in [0.3, 0.4) is 0 Å². The third-order valence-corrected chi connectivity index (χ3v) is 11.8. The Morgan fingerprint density at radius 3 is 2.00 bits per heavy atom. The highest BCUT2D eigenvalue weighted by atomic mass is 16.7. The zero-order valence-electron chi connectivity index (χ0n) is 39.8. The Bertz CT molecular complexity index is 2540. The third-order valence-electron chi connectivity index (χ3n) is 11.8. The monoisotopic (exact) mass is 916 g/mol. The molecule has 0 aromatic heterocycles. The topological polar surface area (TPSA) is 141 Å². The van der Waals surface area contributed by atoms with Crippen molar-refractivity contribution in [3.05, 3.63) is 141 Å². The SMILES string of the molecule is COc1ccc(COCc2c(CC(C(=O)N3CC(=O)c4c(OC)c(C)c5c(c4[C@@H]3COCc3ccccc3)OCO5)N(C)C(=O)OC(C)(C)C)cc(C)c(OC)c2OCc2ccccc2)cc1. The fourth-order valence-corrected chi connectivity index (χ4v) is 8.50. The molecule has 354 valence electrons. The molecule has 0 saturated carbocycles. The van der Waals surface area contributed by atoms with Crippen LogP contribution < -0.4 is 28.4 Å². The molecule has 0 N–H and O–H groups in total. The van der Waals surface area contributed by atoms with E-state index in [4.69, 9.17) is 42.6 Å². The lowest BCUT2D eigenvalue weighted by Crippen LogP contribution is -2.55. The highest BCUT2D eigenvalue weighted by molar-refractivity contribution is 6.07. The van der Waals surface area contributed by atoms with Gasteiger partial charge in [-0.05, 0) is 74.6 Å². The van der Waals surface area contributed by atoms with Gasteiger partial charge in [-0.25, -0.2) is 4.79 Å². The van der Waals surface area contributed by atoms with E-state index in [-0.39, 0.29) is 58.6 Å². The summed E-state index contributed by atoms with van der Waals surface area (Å²) < 4.78 is 54.6. The van der Waals surface area contributed by atoms with E-state index in [0.29, 0.717) is 56.6 Å². The van der Waals surface area contributed by atoms with Gasteiger partial charge in [0.15, 0.2) is 28.8 Å². The van der Waals surface area contributed by atoms with E-state index in [9.17, 15) is 9.59 Å². The molecule has 0 aliphatic carbocycles. The maximum Gasteiger partial charge on any atom is 0.410 e. The number of carbonyl (C=O) groups excluding carboxylic acids is 3. The van der Waals surface area contributed by atoms with Gasteiger partial charge < -0.3 is 47.5 Å². The zero-order chi connectivity index (χ0) is 47.8. The molecule has 0 bridgehead atoms. The summed E-state index contributed by atoms with van der Waals surface area (Å²) in [7, 11) is 6.22. The summed E-state index contributed by atoms with van der Waals surface area (Å²) in [5.41, 5.74) is 5.18. The van der Waals surface area contributed by atoms with E-state index in [1.165, 1.54) is 24.0 Å². The molecule has 0 spiro atoms. The van der Waals surface area contributed by atoms with Gasteiger partial charge in [-0.2, -0.15) is 0 Å². The maximum atomic E-state index is 15.8. The summed E-state index contributed by atoms with van der Waals surface area (Å²) in [4.78, 5) is 47.3. The number of likely N-dealkylation sites (N-methyl/N-ethyl adjacent to an activating group) is 1. The molecule has 2 amide bonds. The van der Waals surface area contributed by atoms with E-state index in [2.05, 4.69) is 0 Å². The van der Waals surface area contributed by atoms with Gasteiger partial charge in [0.05, 0.1) is 65.9 Å². The molecule has 67 heavy (non-hydrogen) atoms. The number of fused-ring (bicyclic) bond motifs is 3. The van der Waals surface area contributed by atoms with Crippen molar-refractivity contribution < 1.29 is 57.0 Å². The van der Waals surface area contributed by atoms with Crippen LogP contribution in [0.5, 0.6) is 34.5 Å². The standard InChI is InChI=1S/C53H60N2O12/c1-33-24-38(40(30-62-28-37-20-22-39(59-7)23-21-37)49(46(33)60-8)64-29-36-18-14-11-15-19-36)25-41(54(6)52(58)67-53(3,4)5)51(57)55-26-43(56)45-44(42(55)31-63-27-35-16-12-10-13-17-35)50-48(65-32-66-50)34(2)47(45)61-9/h10-24,41-42H,25-32H2,1-9H3/t41?,42-/m0/s1. The normalized spacial score (nSPS) is 14.6. The average Bonchev–Trinajstić information content (AvgIpc) is 3.82. The Balaban J connectivity index is 1.33. The molecular formula is C53H60N2O12. The Kier molecular flexibility index (Phi) is 15.3. The minimum atomic E-state index is -1.23. The van der Waals surface area contributed by atoms with E-state index < -0.39 is 29.7 Å². The fourth-order valence-electron chi connectivity index (χ4n) is 8.50. The van der Waals surface area contributed by atoms with E-state index in [0.717, 1.165) is 28.0 Å². The lowest BCUT2D eigenvalue weighted by Gasteiger charge is -2.41. The number of methoxy groups -OCH3 is 3. The van der Waals surface area contributed by atoms with Crippen LogP contribution in [0.15, 0.2) is 91.0 Å². The number of amides is 2. The molecule has 2 heterocycles. The van der Waals surface area contributed by atoms with Gasteiger partial charge in [-0.1, -0.05) is 78.9 Å². The second-order valence-electron chi connectivity index (χ2n) is 17.5. The number of ketones is 1. The Morgan fingerprint density at radius 1 is 0.761 bits per heavy atom. The number of nitrogens with zero attached hydrogens (tertiary/aromatic N) is 2. The van der Waals surface area contributed by atoms with Crippen LogP contribution in [0.1, 0.15) is 81.7 Å². The number of ether oxygens (including phenoxy) is 9. The van der Waals surface area contributed by atoms with Crippen LogP contribution in [-0.4, -0.2) is 87.5 Å². The summed E-state index contributed by atoms with van der Waals surface area (Å²) in [5, 5.41) is 0. The highest BCUT2D eigenvalue weighted by Crippen LogP contribution is 2.52. The van der Waals surface area contributed by atoms with Crippen LogP contribution in [0, 0.1) is 13.8 Å². The predicted molar refractivity (Wildman–Crippen MR) is 250 cm³/mol. The van der Waals surface area contributed by atoms with Gasteiger partial charge >= 0.3 is 6.09 Å². The summed E-state index contributed by atoms with van der Waals surface area (Å²) in [6.07, 6.45) is -0.767. The first kappa shape index (κ1) is 48.2. The minimum absolute atomic E-state index is 0.0324. The van der Waals surface area contributed by atoms with Crippen molar-refractivity contribution in [1.82, 2.24) is 9.80 Å². The number of aryl methyl sites for hydroxylation is 1. The number of rotatable bonds is 18. The second-order valence-corrected chi connectivity index (χ2v) is 17.5. The summed E-state index contributed by atoms with van der Waals surface area (Å²) in [6.45, 7) is 9.25. The first-order valence-electron chi connectivity index (χ1n) is 22.2. The molecule has 0 radical (unpaired) electrons. The van der Waals surface area contributed by atoms with Crippen LogP contribution in [-0.2, 0) is 51.9 Å². The van der Waals surface area contributed by atoms with Gasteiger partial charge in [-0.3, -0.25) is 14.5 Å². The third kappa shape index (κ3) is 10.9. The van der Waals surface area contributed by atoms with Gasteiger partial charge in [0.25, 0.3) is 0 Å². The molecule has 1 unspecified atom stereocenters. The van der Waals surface area contributed by atoms with Gasteiger partial charge in [0.1, 0.15) is 29.7 Å². The maximum absolute atomic E-state index is 15.8. The lowest BCUT2D eigenvalue weighted by molar-refractivity contribution is -0.140. The summed E-state index contributed by atoms with van der Waals surface area (Å²) >= 11 is 0. The smallest absolute Gasteiger partial charge is 0.410 e. The van der Waals surface area contributed by atoms with Crippen LogP contribution in [0.2, 0.25) is 0 Å². The highest BCUT2D eigenvalue weighted by Gasteiger charge is 2.46. The van der Waals surface area contributed by atoms with E-state index >= 15 is 4.79 Å². The van der Waals surface area contributed by atoms with Gasteiger partial charge in [0, 0.05) is 30.2 Å². The molecule has 5 aromatic carbocycles. The first-order valence-corrected chi connectivity index (χ1v) is 22.2. The number of benzene rings is 5. The molecule has 2 atom stereocenters. The van der Waals surface area contributed by atoms with Crippen molar-refractivity contribution in [2.45, 2.75) is 85.2 Å². The molecule has 5 aromatic rings. The molecule has 0 saturated heterocycles. The van der Waals surface area contributed by atoms with Gasteiger partial charge in [-0.15, -0.1) is 0 Å². The number of Topliss-reactive ketones (excluding diaryl/α,β-unsaturated/α-hetero) is 1. The fraction of sp³-hybridized carbons (Fsp3) is 0.377. The van der Waals surface area contributed by atoms with Crippen molar-refractivity contribution >= 4 is 17.8 Å². The lowest BCUT2D eigenvalue weighted by atomic mass is 9.87. The van der Waals surface area contributed by atoms with Crippen molar-refractivity contribution in [3.63, 3.8) is 0 Å². The van der Waals surface area contributed by atoms with Crippen molar-refractivity contribution in [3.8, 4) is 34.5 Å². The molecule has 14 heteroatoms. The average molecular weight is 917 g/mol. The Morgan fingerprint density at radius 2 is 1.37 bits per heavy atom.